The van der Waals surface area contributed by atoms with E-state index in [4.69, 9.17) is 0 Å². The summed E-state index contributed by atoms with van der Waals surface area (Å²) >= 11 is 3.07. The number of hydrogen-bond donors (Lipinski definition) is 0. The van der Waals surface area contributed by atoms with E-state index in [1.54, 1.807) is 0 Å². The number of hydrogen-bond acceptors (Lipinski definition) is 0. The molecule has 1 aliphatic carbocycles. The summed E-state index contributed by atoms with van der Waals surface area (Å²) in [5.41, 5.74) is 4.68. The van der Waals surface area contributed by atoms with E-state index in [1.165, 1.54) is 20.9 Å². The average Bonchev–Trinajstić information content (AvgIpc) is 2.06. The second-order valence-electron chi connectivity index (χ2n) is 3.79. The van der Waals surface area contributed by atoms with Gasteiger partial charge in [-0.05, 0) is 0 Å². The Labute approximate surface area is 88.9 Å². The largest absolute Gasteiger partial charge is 1.00 e. The zero-order chi connectivity index (χ0) is 8.81. The molecule has 0 fully saturated rings. The van der Waals surface area contributed by atoms with Crippen LogP contribution >= 0.6 is 0 Å². The molecule has 0 bridgehead atoms. The summed E-state index contributed by atoms with van der Waals surface area (Å²) in [4.78, 5) is 0. The third kappa shape index (κ3) is 2.07. The maximum absolute atomic E-state index is 3.07. The molecule has 0 atom stereocenters. The molecular formula is C10H15F2Rh. The molecule has 0 saturated carbocycles. The quantitative estimate of drug-likeness (QED) is 0.419. The molecule has 0 aromatic heterocycles. The summed E-state index contributed by atoms with van der Waals surface area (Å²) in [5, 5.41) is 0. The molecule has 0 unspecified atom stereocenters. The van der Waals surface area contributed by atoms with Crippen LogP contribution in [0.2, 0.25) is 0 Å². The van der Waals surface area contributed by atoms with Crippen LogP contribution in [0, 0.1) is 5.41 Å². The summed E-state index contributed by atoms with van der Waals surface area (Å²) < 4.78 is 1.42. The Morgan fingerprint density at radius 3 is 1.38 bits per heavy atom. The van der Waals surface area contributed by atoms with Gasteiger partial charge in [-0.25, -0.2) is 0 Å². The van der Waals surface area contributed by atoms with Gasteiger partial charge in [-0.2, -0.15) is 0 Å². The van der Waals surface area contributed by atoms with Crippen molar-refractivity contribution in [1.29, 1.82) is 0 Å². The Kier molecular flexibility index (Phi) is 5.29. The van der Waals surface area contributed by atoms with Gasteiger partial charge in [-0.3, -0.25) is 0 Å². The SMILES string of the molecule is CC1=C(C)C(C)(C)[C]([Rh+2])=C1C.[F-].[F-]. The van der Waals surface area contributed by atoms with Gasteiger partial charge in [0.25, 0.3) is 0 Å². The van der Waals surface area contributed by atoms with Gasteiger partial charge >= 0.3 is 79.2 Å². The number of allylic oxidation sites excluding steroid dienone is 4. The number of halogens is 2. The van der Waals surface area contributed by atoms with Crippen LogP contribution in [-0.2, 0) is 18.3 Å². The predicted molar refractivity (Wildman–Crippen MR) is 44.9 cm³/mol. The summed E-state index contributed by atoms with van der Waals surface area (Å²) in [6.07, 6.45) is 0. The Morgan fingerprint density at radius 1 is 0.923 bits per heavy atom. The Balaban J connectivity index is 0. The number of rotatable bonds is 0. The van der Waals surface area contributed by atoms with Crippen LogP contribution in [-0.4, -0.2) is 0 Å². The first-order chi connectivity index (χ1) is 4.89. The Hall–Kier alpha value is -0.0366. The summed E-state index contributed by atoms with van der Waals surface area (Å²) in [7, 11) is 0. The molecule has 0 aromatic carbocycles. The molecular weight excluding hydrogens is 261 g/mol. The van der Waals surface area contributed by atoms with Crippen molar-refractivity contribution in [2.75, 3.05) is 0 Å². The van der Waals surface area contributed by atoms with E-state index in [2.05, 4.69) is 52.9 Å². The Morgan fingerprint density at radius 2 is 1.31 bits per heavy atom. The summed E-state index contributed by atoms with van der Waals surface area (Å²) in [6.45, 7) is 11.2. The van der Waals surface area contributed by atoms with Crippen molar-refractivity contribution >= 4 is 0 Å². The topological polar surface area (TPSA) is 0 Å². The van der Waals surface area contributed by atoms with Gasteiger partial charge in [0.1, 0.15) is 0 Å². The van der Waals surface area contributed by atoms with Crippen molar-refractivity contribution in [3.8, 4) is 0 Å². The van der Waals surface area contributed by atoms with Crippen molar-refractivity contribution in [2.45, 2.75) is 34.6 Å². The molecule has 0 aromatic rings. The minimum Gasteiger partial charge on any atom is -1.00 e. The van der Waals surface area contributed by atoms with Crippen molar-refractivity contribution < 1.29 is 27.7 Å². The van der Waals surface area contributed by atoms with Crippen LogP contribution in [0.15, 0.2) is 20.9 Å². The first-order valence-electron chi connectivity index (χ1n) is 3.92. The minimum absolute atomic E-state index is 0. The van der Waals surface area contributed by atoms with Crippen LogP contribution < -0.4 is 9.41 Å². The normalized spacial score (nSPS) is 19.8. The standard InChI is InChI=1S/C10H15.2FH.Rh/c1-7-6-10(4,5)9(3)8(7)2;;;/h1-5H3;2*1H;/q;;;+2/p-2. The van der Waals surface area contributed by atoms with Crippen LogP contribution in [0.1, 0.15) is 34.6 Å². The van der Waals surface area contributed by atoms with Gasteiger partial charge in [-0.15, -0.1) is 0 Å². The fourth-order valence-electron chi connectivity index (χ4n) is 1.53. The fourth-order valence-corrected chi connectivity index (χ4v) is 2.15. The average molecular weight is 276 g/mol. The van der Waals surface area contributed by atoms with Crippen molar-refractivity contribution in [1.82, 2.24) is 0 Å². The van der Waals surface area contributed by atoms with Crippen molar-refractivity contribution in [3.05, 3.63) is 20.9 Å². The first kappa shape index (κ1) is 15.4. The van der Waals surface area contributed by atoms with Gasteiger partial charge in [0.2, 0.25) is 0 Å². The Bertz CT molecular complexity index is 236. The minimum atomic E-state index is 0. The third-order valence-electron chi connectivity index (χ3n) is 2.90. The smallest absolute Gasteiger partial charge is 1.00 e. The van der Waals surface area contributed by atoms with Crippen molar-refractivity contribution in [3.63, 3.8) is 0 Å². The zero-order valence-corrected chi connectivity index (χ0v) is 10.2. The van der Waals surface area contributed by atoms with Crippen molar-refractivity contribution in [2.24, 2.45) is 5.41 Å². The molecule has 78 valence electrons. The molecule has 0 N–H and O–H groups in total. The van der Waals surface area contributed by atoms with Gasteiger partial charge in [0, 0.05) is 0 Å². The van der Waals surface area contributed by atoms with Crippen LogP contribution in [0.3, 0.4) is 0 Å². The molecule has 0 nitrogen and oxygen atoms in total. The van der Waals surface area contributed by atoms with Gasteiger partial charge < -0.3 is 9.41 Å². The van der Waals surface area contributed by atoms with Crippen LogP contribution in [0.25, 0.3) is 0 Å². The summed E-state index contributed by atoms with van der Waals surface area (Å²) in [5.74, 6) is 0. The van der Waals surface area contributed by atoms with Gasteiger partial charge in [0.05, 0.1) is 0 Å². The van der Waals surface area contributed by atoms with E-state index in [-0.39, 0.29) is 14.8 Å². The van der Waals surface area contributed by atoms with E-state index >= 15 is 0 Å². The monoisotopic (exact) mass is 276 g/mol. The molecule has 0 amide bonds. The van der Waals surface area contributed by atoms with Crippen LogP contribution in [0.5, 0.6) is 0 Å². The second kappa shape index (κ2) is 4.46. The van der Waals surface area contributed by atoms with Gasteiger partial charge in [0.15, 0.2) is 0 Å². The van der Waals surface area contributed by atoms with E-state index in [9.17, 15) is 0 Å². The molecule has 3 heteroatoms. The van der Waals surface area contributed by atoms with E-state index in [0.29, 0.717) is 0 Å². The summed E-state index contributed by atoms with van der Waals surface area (Å²) in [6, 6.07) is 0. The molecule has 0 saturated heterocycles. The molecule has 0 heterocycles. The maximum atomic E-state index is 3.07. The van der Waals surface area contributed by atoms with Crippen LogP contribution in [0.4, 0.5) is 0 Å². The third-order valence-corrected chi connectivity index (χ3v) is 4.53. The van der Waals surface area contributed by atoms with E-state index in [0.717, 1.165) is 0 Å². The molecule has 1 rings (SSSR count). The zero-order valence-electron chi connectivity index (χ0n) is 8.59. The molecule has 0 spiro atoms. The van der Waals surface area contributed by atoms with E-state index < -0.39 is 0 Å². The fraction of sp³-hybridized carbons (Fsp3) is 0.600. The van der Waals surface area contributed by atoms with Gasteiger partial charge in [-0.1, -0.05) is 0 Å². The maximum Gasteiger partial charge on any atom is -1.00 e. The molecule has 0 aliphatic heterocycles. The predicted octanol–water partition coefficient (Wildman–Crippen LogP) is -2.81. The first-order valence-corrected chi connectivity index (χ1v) is 4.74. The second-order valence-corrected chi connectivity index (χ2v) is 4.61. The molecule has 0 radical (unpaired) electrons. The van der Waals surface area contributed by atoms with E-state index in [1.807, 2.05) is 0 Å². The molecule has 13 heavy (non-hydrogen) atoms. The molecule has 1 aliphatic rings.